The summed E-state index contributed by atoms with van der Waals surface area (Å²) in [6, 6.07) is 8.35. The molecule has 6 nitrogen and oxygen atoms in total. The number of pyridine rings is 1. The van der Waals surface area contributed by atoms with Crippen molar-refractivity contribution in [3.8, 4) is 0 Å². The van der Waals surface area contributed by atoms with Crippen LogP contribution in [0.3, 0.4) is 0 Å². The van der Waals surface area contributed by atoms with E-state index in [-0.39, 0.29) is 0 Å². The standard InChI is InChI=1S/C21H32N6/c1-2-22-21(24-11-16-26-12-7-8-13-26)25-18-19-9-10-23-20(17-19)27-14-5-3-4-6-15-27/h7-10,12-13,17H,2-6,11,14-16,18H2,1H3,(H2,22,24,25). The molecule has 27 heavy (non-hydrogen) atoms. The molecule has 1 saturated heterocycles. The van der Waals surface area contributed by atoms with Crippen molar-refractivity contribution in [1.82, 2.24) is 20.2 Å². The van der Waals surface area contributed by atoms with Crippen LogP contribution in [-0.4, -0.2) is 41.7 Å². The molecule has 0 radical (unpaired) electrons. The number of hydrogen-bond acceptors (Lipinski definition) is 3. The predicted molar refractivity (Wildman–Crippen MR) is 112 cm³/mol. The fraction of sp³-hybridized carbons (Fsp3) is 0.524. The zero-order valence-corrected chi connectivity index (χ0v) is 16.4. The highest BCUT2D eigenvalue weighted by atomic mass is 15.2. The average molecular weight is 369 g/mol. The number of aromatic nitrogens is 2. The maximum absolute atomic E-state index is 4.75. The fourth-order valence-corrected chi connectivity index (χ4v) is 3.37. The average Bonchev–Trinajstić information content (AvgIpc) is 3.06. The van der Waals surface area contributed by atoms with Crippen LogP contribution in [0.1, 0.15) is 38.2 Å². The van der Waals surface area contributed by atoms with Gasteiger partial charge in [0.1, 0.15) is 5.82 Å². The van der Waals surface area contributed by atoms with E-state index in [1.165, 1.54) is 31.2 Å². The number of nitrogens with zero attached hydrogens (tertiary/aromatic N) is 4. The van der Waals surface area contributed by atoms with Crippen LogP contribution in [0, 0.1) is 0 Å². The SMILES string of the molecule is CCNC(=NCc1ccnc(N2CCCCCC2)c1)NCCn1cccc1. The minimum Gasteiger partial charge on any atom is -0.357 e. The fourth-order valence-electron chi connectivity index (χ4n) is 3.37. The summed E-state index contributed by atoms with van der Waals surface area (Å²) in [6.07, 6.45) is 11.3. The lowest BCUT2D eigenvalue weighted by Gasteiger charge is -2.21. The maximum atomic E-state index is 4.75. The van der Waals surface area contributed by atoms with Gasteiger partial charge in [0.2, 0.25) is 0 Å². The summed E-state index contributed by atoms with van der Waals surface area (Å²) in [6.45, 7) is 7.59. The van der Waals surface area contributed by atoms with E-state index < -0.39 is 0 Å². The molecule has 1 fully saturated rings. The quantitative estimate of drug-likeness (QED) is 0.583. The lowest BCUT2D eigenvalue weighted by Crippen LogP contribution is -2.38. The molecule has 0 aromatic carbocycles. The third-order valence-electron chi connectivity index (χ3n) is 4.83. The Kier molecular flexibility index (Phi) is 7.56. The van der Waals surface area contributed by atoms with E-state index in [4.69, 9.17) is 4.99 Å². The summed E-state index contributed by atoms with van der Waals surface area (Å²) >= 11 is 0. The second-order valence-corrected chi connectivity index (χ2v) is 6.97. The summed E-state index contributed by atoms with van der Waals surface area (Å²) in [4.78, 5) is 11.8. The first kappa shape index (κ1) is 19.3. The van der Waals surface area contributed by atoms with Gasteiger partial charge in [-0.1, -0.05) is 12.8 Å². The lowest BCUT2D eigenvalue weighted by atomic mass is 10.2. The Morgan fingerprint density at radius 1 is 1.11 bits per heavy atom. The van der Waals surface area contributed by atoms with Crippen LogP contribution < -0.4 is 15.5 Å². The van der Waals surface area contributed by atoms with Gasteiger partial charge in [-0.3, -0.25) is 0 Å². The molecule has 0 unspecified atom stereocenters. The number of guanidine groups is 1. The molecule has 2 aromatic heterocycles. The first-order valence-electron chi connectivity index (χ1n) is 10.2. The molecule has 3 heterocycles. The van der Waals surface area contributed by atoms with Crippen molar-refractivity contribution in [3.05, 3.63) is 48.4 Å². The van der Waals surface area contributed by atoms with Gasteiger partial charge in [-0.25, -0.2) is 9.98 Å². The molecule has 1 aliphatic heterocycles. The molecular weight excluding hydrogens is 336 g/mol. The number of rotatable bonds is 7. The number of anilines is 1. The van der Waals surface area contributed by atoms with Crippen molar-refractivity contribution in [2.45, 2.75) is 45.7 Å². The molecule has 2 N–H and O–H groups in total. The van der Waals surface area contributed by atoms with Gasteiger partial charge in [-0.2, -0.15) is 0 Å². The number of aliphatic imine (C=N–C) groups is 1. The molecule has 0 atom stereocenters. The first-order chi connectivity index (χ1) is 13.3. The van der Waals surface area contributed by atoms with E-state index in [1.807, 2.05) is 18.3 Å². The summed E-state index contributed by atoms with van der Waals surface area (Å²) in [5.74, 6) is 1.95. The van der Waals surface area contributed by atoms with E-state index in [2.05, 4.69) is 56.5 Å². The van der Waals surface area contributed by atoms with E-state index in [0.29, 0.717) is 6.54 Å². The number of hydrogen-bond donors (Lipinski definition) is 2. The van der Waals surface area contributed by atoms with Crippen LogP contribution in [0.25, 0.3) is 0 Å². The molecular formula is C21H32N6. The second kappa shape index (κ2) is 10.6. The van der Waals surface area contributed by atoms with Crippen LogP contribution in [0.5, 0.6) is 0 Å². The Hall–Kier alpha value is -2.50. The Bertz CT molecular complexity index is 686. The third kappa shape index (κ3) is 6.31. The van der Waals surface area contributed by atoms with Gasteiger partial charge in [0.25, 0.3) is 0 Å². The topological polar surface area (TPSA) is 57.5 Å². The van der Waals surface area contributed by atoms with Gasteiger partial charge in [-0.15, -0.1) is 0 Å². The highest BCUT2D eigenvalue weighted by Gasteiger charge is 2.11. The van der Waals surface area contributed by atoms with Crippen LogP contribution in [0.2, 0.25) is 0 Å². The minimum absolute atomic E-state index is 0.655. The minimum atomic E-state index is 0.655. The van der Waals surface area contributed by atoms with Crippen LogP contribution in [0.4, 0.5) is 5.82 Å². The van der Waals surface area contributed by atoms with Gasteiger partial charge >= 0.3 is 0 Å². The summed E-state index contributed by atoms with van der Waals surface area (Å²) in [5.41, 5.74) is 1.20. The molecule has 1 aliphatic rings. The molecule has 146 valence electrons. The Labute approximate surface area is 162 Å². The lowest BCUT2D eigenvalue weighted by molar-refractivity contribution is 0.665. The Morgan fingerprint density at radius 2 is 1.89 bits per heavy atom. The maximum Gasteiger partial charge on any atom is 0.191 e. The van der Waals surface area contributed by atoms with E-state index in [1.54, 1.807) is 0 Å². The Morgan fingerprint density at radius 3 is 2.63 bits per heavy atom. The van der Waals surface area contributed by atoms with Gasteiger partial charge in [0.15, 0.2) is 5.96 Å². The van der Waals surface area contributed by atoms with Crippen LogP contribution >= 0.6 is 0 Å². The van der Waals surface area contributed by atoms with Crippen molar-refractivity contribution in [3.63, 3.8) is 0 Å². The molecule has 0 spiro atoms. The smallest absolute Gasteiger partial charge is 0.191 e. The van der Waals surface area contributed by atoms with Crippen molar-refractivity contribution in [2.24, 2.45) is 4.99 Å². The summed E-state index contributed by atoms with van der Waals surface area (Å²) in [5, 5.41) is 6.73. The van der Waals surface area contributed by atoms with Crippen LogP contribution in [0.15, 0.2) is 47.8 Å². The van der Waals surface area contributed by atoms with Crippen molar-refractivity contribution < 1.29 is 0 Å². The largest absolute Gasteiger partial charge is 0.357 e. The van der Waals surface area contributed by atoms with Crippen molar-refractivity contribution in [1.29, 1.82) is 0 Å². The predicted octanol–water partition coefficient (Wildman–Crippen LogP) is 3.02. The van der Waals surface area contributed by atoms with Crippen molar-refractivity contribution in [2.75, 3.05) is 31.1 Å². The summed E-state index contributed by atoms with van der Waals surface area (Å²) < 4.78 is 2.16. The van der Waals surface area contributed by atoms with Crippen LogP contribution in [-0.2, 0) is 13.1 Å². The van der Waals surface area contributed by atoms with E-state index in [9.17, 15) is 0 Å². The van der Waals surface area contributed by atoms with Gasteiger partial charge in [0.05, 0.1) is 6.54 Å². The first-order valence-corrected chi connectivity index (χ1v) is 10.2. The molecule has 0 aliphatic carbocycles. The zero-order valence-electron chi connectivity index (χ0n) is 16.4. The highest BCUT2D eigenvalue weighted by molar-refractivity contribution is 5.79. The normalized spacial score (nSPS) is 15.4. The van der Waals surface area contributed by atoms with Gasteiger partial charge in [0, 0.05) is 51.3 Å². The molecule has 0 saturated carbocycles. The monoisotopic (exact) mass is 368 g/mol. The van der Waals surface area contributed by atoms with Crippen molar-refractivity contribution >= 4 is 11.8 Å². The number of nitrogens with one attached hydrogen (secondary N) is 2. The zero-order chi connectivity index (χ0) is 18.7. The molecule has 3 rings (SSSR count). The Balaban J connectivity index is 1.56. The molecule has 0 bridgehead atoms. The molecule has 6 heteroatoms. The van der Waals surface area contributed by atoms with Gasteiger partial charge < -0.3 is 20.1 Å². The second-order valence-electron chi connectivity index (χ2n) is 6.97. The molecule has 0 amide bonds. The summed E-state index contributed by atoms with van der Waals surface area (Å²) in [7, 11) is 0. The van der Waals surface area contributed by atoms with E-state index in [0.717, 1.165) is 44.5 Å². The third-order valence-corrected chi connectivity index (χ3v) is 4.83. The highest BCUT2D eigenvalue weighted by Crippen LogP contribution is 2.18. The molecule has 2 aromatic rings. The van der Waals surface area contributed by atoms with E-state index >= 15 is 0 Å². The van der Waals surface area contributed by atoms with Gasteiger partial charge in [-0.05, 0) is 49.6 Å².